The van der Waals surface area contributed by atoms with Gasteiger partial charge < -0.3 is 14.0 Å². The third-order valence-corrected chi connectivity index (χ3v) is 9.72. The van der Waals surface area contributed by atoms with Gasteiger partial charge in [0, 0.05) is 39.6 Å². The van der Waals surface area contributed by atoms with Crippen LogP contribution in [0.5, 0.6) is 5.75 Å². The van der Waals surface area contributed by atoms with Crippen LogP contribution in [-0.4, -0.2) is 36.7 Å². The molecule has 0 atom stereocenters. The predicted octanol–water partition coefficient (Wildman–Crippen LogP) is 12.0. The number of aromatic nitrogens is 5. The average molecular weight is 896 g/mol. The maximum atomic E-state index is 13.3. The van der Waals surface area contributed by atoms with E-state index >= 15 is 0 Å². The third-order valence-electron chi connectivity index (χ3n) is 9.43. The highest BCUT2D eigenvalue weighted by molar-refractivity contribution is 6.17. The fourth-order valence-corrected chi connectivity index (χ4v) is 6.33. The minimum atomic E-state index is -4.97. The molecule has 6 rings (SSSR count). The Bertz CT molecular complexity index is 2460. The van der Waals surface area contributed by atoms with Crippen molar-refractivity contribution in [1.82, 2.24) is 24.1 Å². The Morgan fingerprint density at radius 3 is 1.51 bits per heavy atom. The predicted molar refractivity (Wildman–Crippen MR) is 198 cm³/mol. The van der Waals surface area contributed by atoms with Crippen molar-refractivity contribution in [2.45, 2.75) is 77.3 Å². The Morgan fingerprint density at radius 2 is 1.10 bits per heavy atom. The first-order valence-corrected chi connectivity index (χ1v) is 18.3. The molecule has 0 saturated heterocycles. The van der Waals surface area contributed by atoms with Crippen molar-refractivity contribution in [3.8, 4) is 17.1 Å². The molecule has 0 saturated carbocycles. The molecule has 0 fully saturated rings. The zero-order chi connectivity index (χ0) is 45.5. The zero-order valence-electron chi connectivity index (χ0n) is 32.5. The first-order chi connectivity index (χ1) is 28.2. The number of benzene rings is 3. The van der Waals surface area contributed by atoms with Crippen molar-refractivity contribution in [3.05, 3.63) is 124 Å². The smallest absolute Gasteiger partial charge is 0.416 e. The van der Waals surface area contributed by atoms with E-state index in [9.17, 15) is 57.5 Å². The monoisotopic (exact) mass is 895 g/mol. The van der Waals surface area contributed by atoms with Gasteiger partial charge in [-0.15, -0.1) is 11.6 Å². The maximum Gasteiger partial charge on any atom is 0.416 e. The molecule has 3 aromatic carbocycles. The van der Waals surface area contributed by atoms with Crippen LogP contribution in [0.3, 0.4) is 0 Å². The van der Waals surface area contributed by atoms with E-state index < -0.39 is 52.5 Å². The lowest BCUT2D eigenvalue weighted by Gasteiger charge is -2.25. The fourth-order valence-electron chi connectivity index (χ4n) is 6.07. The van der Waals surface area contributed by atoms with Crippen LogP contribution in [0.4, 0.5) is 52.7 Å². The van der Waals surface area contributed by atoms with Crippen LogP contribution >= 0.6 is 11.6 Å². The Balaban J connectivity index is 0.000000271. The van der Waals surface area contributed by atoms with E-state index in [-0.39, 0.29) is 48.6 Å². The normalized spacial score (nSPS) is 12.7. The number of carbonyl (C=O) groups excluding carboxylic acids is 1. The molecule has 0 aliphatic carbocycles. The topological polar surface area (TPSA) is 76.1 Å². The summed E-state index contributed by atoms with van der Waals surface area (Å²) in [5.74, 6) is 0.148. The van der Waals surface area contributed by atoms with Crippen molar-refractivity contribution >= 4 is 28.5 Å². The van der Waals surface area contributed by atoms with Crippen molar-refractivity contribution in [2.75, 3.05) is 6.61 Å². The highest BCUT2D eigenvalue weighted by Crippen LogP contribution is 2.39. The summed E-state index contributed by atoms with van der Waals surface area (Å²) < 4.78 is 171. The number of carbonyl (C=O) groups is 1. The Kier molecular flexibility index (Phi) is 12.9. The molecule has 328 valence electrons. The molecule has 0 radical (unpaired) electrons. The number of hydrogen-bond donors (Lipinski definition) is 0. The molecular weight excluding hydrogens is 862 g/mol. The van der Waals surface area contributed by atoms with Crippen LogP contribution in [0, 0.1) is 13.8 Å². The zero-order valence-corrected chi connectivity index (χ0v) is 33.3. The molecule has 0 bridgehead atoms. The minimum absolute atomic E-state index is 0.0303. The lowest BCUT2D eigenvalue weighted by atomic mass is 10.1. The molecular formula is C40H34ClF12N5O3. The van der Waals surface area contributed by atoms with Crippen LogP contribution in [0.25, 0.3) is 22.3 Å². The third kappa shape index (κ3) is 10.3. The van der Waals surface area contributed by atoms with Crippen molar-refractivity contribution in [2.24, 2.45) is 0 Å². The number of hydrogen-bond acceptors (Lipinski definition) is 5. The molecule has 8 nitrogen and oxygen atoms in total. The van der Waals surface area contributed by atoms with Gasteiger partial charge in [-0.3, -0.25) is 0 Å². The van der Waals surface area contributed by atoms with Crippen LogP contribution < -0.4 is 4.74 Å². The van der Waals surface area contributed by atoms with Crippen LogP contribution in [0.1, 0.15) is 65.5 Å². The van der Waals surface area contributed by atoms with Gasteiger partial charge in [0.25, 0.3) is 0 Å². The second kappa shape index (κ2) is 17.0. The van der Waals surface area contributed by atoms with Crippen molar-refractivity contribution in [1.29, 1.82) is 0 Å². The summed E-state index contributed by atoms with van der Waals surface area (Å²) in [7, 11) is 0. The molecule has 0 aliphatic rings. The van der Waals surface area contributed by atoms with Crippen LogP contribution in [0.2, 0.25) is 0 Å². The van der Waals surface area contributed by atoms with Gasteiger partial charge in [-0.25, -0.2) is 14.2 Å². The van der Waals surface area contributed by atoms with Gasteiger partial charge in [-0.2, -0.15) is 62.9 Å². The van der Waals surface area contributed by atoms with Gasteiger partial charge in [0.1, 0.15) is 17.9 Å². The summed E-state index contributed by atoms with van der Waals surface area (Å²) in [6.45, 7) is 8.49. The molecule has 0 unspecified atom stereocenters. The largest absolute Gasteiger partial charge is 0.489 e. The molecule has 6 aromatic rings. The lowest BCUT2D eigenvalue weighted by Crippen LogP contribution is -2.36. The second-order valence-corrected chi connectivity index (χ2v) is 14.2. The lowest BCUT2D eigenvalue weighted by molar-refractivity contribution is -0.152. The maximum absolute atomic E-state index is 13.3. The Morgan fingerprint density at radius 1 is 0.656 bits per heavy atom. The van der Waals surface area contributed by atoms with Crippen molar-refractivity contribution < 1.29 is 67.0 Å². The highest BCUT2D eigenvalue weighted by Gasteiger charge is 2.39. The number of halogens is 13. The Labute approximate surface area is 344 Å². The Hall–Kier alpha value is -5.66. The standard InChI is InChI=1S/C27H25F6N3O3.C13H9ClF6N2/c1-5-38-24(37)25(3,4)35-9-8-17-10-22(6-7-23(17)35)39-15-18-14-34-36(16(18)2)21-12-19(26(28,29)30)11-20(13-21)27(31,32)33;1-7-8(5-14)6-21-22(7)11-3-9(12(15,16)17)2-10(4-11)13(18,19)20/h6-14H,5,15H2,1-4H3;2-4,6H,5H2,1H3. The number of rotatable bonds is 9. The van der Waals surface area contributed by atoms with Crippen LogP contribution in [0.15, 0.2) is 79.3 Å². The average Bonchev–Trinajstić information content (AvgIpc) is 3.88. The van der Waals surface area contributed by atoms with Gasteiger partial charge in [0.2, 0.25) is 0 Å². The number of ether oxygens (including phenoxy) is 2. The van der Waals surface area contributed by atoms with E-state index in [1.807, 2.05) is 6.07 Å². The summed E-state index contributed by atoms with van der Waals surface area (Å²) in [6.07, 6.45) is -15.3. The molecule has 3 heterocycles. The van der Waals surface area contributed by atoms with E-state index in [2.05, 4.69) is 10.2 Å². The number of fused-ring (bicyclic) bond motifs is 1. The van der Waals surface area contributed by atoms with E-state index in [1.165, 1.54) is 26.2 Å². The van der Waals surface area contributed by atoms with Gasteiger partial charge in [0.15, 0.2) is 0 Å². The van der Waals surface area contributed by atoms with E-state index in [0.717, 1.165) is 20.3 Å². The van der Waals surface area contributed by atoms with Crippen molar-refractivity contribution in [3.63, 3.8) is 0 Å². The highest BCUT2D eigenvalue weighted by atomic mass is 35.5. The summed E-state index contributed by atoms with van der Waals surface area (Å²) in [5.41, 5.74) is -4.79. The number of alkyl halides is 13. The number of esters is 1. The van der Waals surface area contributed by atoms with Gasteiger partial charge in [-0.05, 0) is 95.3 Å². The van der Waals surface area contributed by atoms with Gasteiger partial charge >= 0.3 is 30.7 Å². The second-order valence-electron chi connectivity index (χ2n) is 14.0. The molecule has 3 aromatic heterocycles. The molecule has 0 aliphatic heterocycles. The number of nitrogens with zero attached hydrogens (tertiary/aromatic N) is 5. The summed E-state index contributed by atoms with van der Waals surface area (Å²) in [4.78, 5) is 12.4. The fraction of sp³-hybridized carbons (Fsp3) is 0.325. The SMILES string of the molecule is CCOC(=O)C(C)(C)n1ccc2cc(OCc3cnn(-c4cc(C(F)(F)F)cc(C(F)(F)F)c4)c3C)ccc21.Cc1c(CCl)cnn1-c1cc(C(F)(F)F)cc(C(F)(F)F)c1. The quantitative estimate of drug-likeness (QED) is 0.0821. The first-order valence-electron chi connectivity index (χ1n) is 17.8. The van der Waals surface area contributed by atoms with Gasteiger partial charge in [0.05, 0.1) is 58.5 Å². The molecule has 21 heteroatoms. The summed E-state index contributed by atoms with van der Waals surface area (Å²) in [5, 5.41) is 8.60. The molecule has 61 heavy (non-hydrogen) atoms. The molecule has 0 amide bonds. The first kappa shape index (κ1) is 46.4. The minimum Gasteiger partial charge on any atom is -0.489 e. The van der Waals surface area contributed by atoms with E-state index in [1.54, 1.807) is 49.7 Å². The summed E-state index contributed by atoms with van der Waals surface area (Å²) >= 11 is 5.63. The van der Waals surface area contributed by atoms with Gasteiger partial charge in [-0.1, -0.05) is 0 Å². The van der Waals surface area contributed by atoms with Crippen LogP contribution in [-0.2, 0) is 52.3 Å². The van der Waals surface area contributed by atoms with E-state index in [4.69, 9.17) is 21.1 Å². The molecule has 0 spiro atoms. The van der Waals surface area contributed by atoms with E-state index in [0.29, 0.717) is 52.5 Å². The molecule has 0 N–H and O–H groups in total. The summed E-state index contributed by atoms with van der Waals surface area (Å²) in [6, 6.07) is 9.68.